The monoisotopic (exact) mass is 326 g/mol. The molecule has 0 fully saturated rings. The molecule has 0 aliphatic carbocycles. The summed E-state index contributed by atoms with van der Waals surface area (Å²) in [7, 11) is 0. The fourth-order valence-electron chi connectivity index (χ4n) is 2.69. The molecule has 0 radical (unpaired) electrons. The highest BCUT2D eigenvalue weighted by Crippen LogP contribution is 2.23. The van der Waals surface area contributed by atoms with Crippen LogP contribution >= 0.6 is 0 Å². The molecule has 2 rings (SSSR count). The van der Waals surface area contributed by atoms with Crippen LogP contribution in [0.3, 0.4) is 0 Å². The van der Waals surface area contributed by atoms with Crippen molar-refractivity contribution in [2.75, 3.05) is 10.6 Å². The minimum absolute atomic E-state index is 0.140. The van der Waals surface area contributed by atoms with Crippen LogP contribution in [0.25, 0.3) is 0 Å². The number of nitrogens with zero attached hydrogens (tertiary/aromatic N) is 2. The maximum atomic E-state index is 12.6. The molecule has 24 heavy (non-hydrogen) atoms. The largest absolute Gasteiger partial charge is 0.365 e. The summed E-state index contributed by atoms with van der Waals surface area (Å²) in [6.45, 7) is 14.0. The Labute approximate surface area is 143 Å². The summed E-state index contributed by atoms with van der Waals surface area (Å²) in [5.41, 5.74) is 4.32. The zero-order valence-corrected chi connectivity index (χ0v) is 15.5. The van der Waals surface area contributed by atoms with Crippen molar-refractivity contribution in [1.82, 2.24) is 9.97 Å². The third-order valence-corrected chi connectivity index (χ3v) is 3.49. The van der Waals surface area contributed by atoms with Crippen LogP contribution in [0.1, 0.15) is 53.8 Å². The van der Waals surface area contributed by atoms with Gasteiger partial charge in [0, 0.05) is 17.3 Å². The van der Waals surface area contributed by atoms with Crippen molar-refractivity contribution in [2.45, 2.75) is 54.0 Å². The van der Waals surface area contributed by atoms with E-state index in [1.54, 1.807) is 13.0 Å². The Kier molecular flexibility index (Phi) is 4.92. The third-order valence-electron chi connectivity index (χ3n) is 3.49. The van der Waals surface area contributed by atoms with E-state index in [0.717, 1.165) is 16.8 Å². The molecule has 0 atom stereocenters. The van der Waals surface area contributed by atoms with E-state index in [1.807, 2.05) is 41.5 Å². The molecule has 1 heterocycles. The first-order valence-electron chi connectivity index (χ1n) is 8.08. The molecule has 0 saturated carbocycles. The Morgan fingerprint density at radius 3 is 2.08 bits per heavy atom. The van der Waals surface area contributed by atoms with E-state index in [2.05, 4.69) is 32.7 Å². The number of hydrogen-bond acceptors (Lipinski definition) is 4. The van der Waals surface area contributed by atoms with Gasteiger partial charge in [-0.1, -0.05) is 17.7 Å². The number of hydrogen-bond donors (Lipinski definition) is 2. The summed E-state index contributed by atoms with van der Waals surface area (Å²) in [6.07, 6.45) is 0. The molecule has 5 heteroatoms. The molecule has 1 amide bonds. The van der Waals surface area contributed by atoms with Gasteiger partial charge in [-0.15, -0.1) is 0 Å². The minimum Gasteiger partial charge on any atom is -0.365 e. The molecule has 0 spiro atoms. The van der Waals surface area contributed by atoms with Crippen molar-refractivity contribution < 1.29 is 4.79 Å². The lowest BCUT2D eigenvalue weighted by molar-refractivity contribution is 0.102. The molecule has 2 aromatic rings. The van der Waals surface area contributed by atoms with Gasteiger partial charge in [-0.3, -0.25) is 4.79 Å². The zero-order valence-electron chi connectivity index (χ0n) is 15.5. The summed E-state index contributed by atoms with van der Waals surface area (Å²) in [6, 6.07) is 5.80. The molecule has 0 aliphatic rings. The van der Waals surface area contributed by atoms with E-state index >= 15 is 0 Å². The SMILES string of the molecule is Cc1cc(C)c(NC(=O)c2cc(NC(C)(C)C)nc(C)n2)c(C)c1. The Balaban J connectivity index is 2.31. The first kappa shape index (κ1) is 17.9. The molecular weight excluding hydrogens is 300 g/mol. The second-order valence-corrected chi connectivity index (χ2v) is 7.29. The van der Waals surface area contributed by atoms with Gasteiger partial charge in [-0.2, -0.15) is 0 Å². The fraction of sp³-hybridized carbons (Fsp3) is 0.421. The van der Waals surface area contributed by atoms with Crippen LogP contribution < -0.4 is 10.6 Å². The summed E-state index contributed by atoms with van der Waals surface area (Å²) in [5.74, 6) is 0.983. The average Bonchev–Trinajstić information content (AvgIpc) is 2.39. The van der Waals surface area contributed by atoms with Crippen LogP contribution in [0.15, 0.2) is 18.2 Å². The first-order valence-corrected chi connectivity index (χ1v) is 8.08. The van der Waals surface area contributed by atoms with Gasteiger partial charge in [0.15, 0.2) is 0 Å². The number of aryl methyl sites for hydroxylation is 4. The lowest BCUT2D eigenvalue weighted by Gasteiger charge is -2.21. The second kappa shape index (κ2) is 6.59. The average molecular weight is 326 g/mol. The summed E-state index contributed by atoms with van der Waals surface area (Å²) < 4.78 is 0. The van der Waals surface area contributed by atoms with Gasteiger partial charge in [-0.05, 0) is 59.6 Å². The van der Waals surface area contributed by atoms with Gasteiger partial charge in [0.05, 0.1) is 0 Å². The number of amides is 1. The number of benzene rings is 1. The van der Waals surface area contributed by atoms with Crippen LogP contribution in [0, 0.1) is 27.7 Å². The molecule has 1 aromatic heterocycles. The van der Waals surface area contributed by atoms with Crippen LogP contribution in [-0.2, 0) is 0 Å². The highest BCUT2D eigenvalue weighted by atomic mass is 16.1. The van der Waals surface area contributed by atoms with Gasteiger partial charge < -0.3 is 10.6 Å². The normalized spacial score (nSPS) is 11.3. The van der Waals surface area contributed by atoms with E-state index in [-0.39, 0.29) is 11.4 Å². The predicted octanol–water partition coefficient (Wildman–Crippen LogP) is 4.17. The van der Waals surface area contributed by atoms with Gasteiger partial charge >= 0.3 is 0 Å². The predicted molar refractivity (Wildman–Crippen MR) is 98.8 cm³/mol. The van der Waals surface area contributed by atoms with Crippen molar-refractivity contribution in [2.24, 2.45) is 0 Å². The van der Waals surface area contributed by atoms with Gasteiger partial charge in [0.25, 0.3) is 5.91 Å². The van der Waals surface area contributed by atoms with Crippen molar-refractivity contribution in [3.63, 3.8) is 0 Å². The number of nitrogens with one attached hydrogen (secondary N) is 2. The number of rotatable bonds is 3. The summed E-state index contributed by atoms with van der Waals surface area (Å²) >= 11 is 0. The quantitative estimate of drug-likeness (QED) is 0.888. The molecule has 0 unspecified atom stereocenters. The van der Waals surface area contributed by atoms with E-state index in [0.29, 0.717) is 17.3 Å². The highest BCUT2D eigenvalue weighted by Gasteiger charge is 2.16. The standard InChI is InChI=1S/C19H26N4O/c1-11-8-12(2)17(13(3)9-11)22-18(24)15-10-16(21-14(4)20-15)23-19(5,6)7/h8-10H,1-7H3,(H,22,24)(H,20,21,23). The fourth-order valence-corrected chi connectivity index (χ4v) is 2.69. The highest BCUT2D eigenvalue weighted by molar-refractivity contribution is 6.04. The van der Waals surface area contributed by atoms with Crippen LogP contribution in [0.5, 0.6) is 0 Å². The van der Waals surface area contributed by atoms with Gasteiger partial charge in [0.1, 0.15) is 17.3 Å². The van der Waals surface area contributed by atoms with Gasteiger partial charge in [0.2, 0.25) is 0 Å². The van der Waals surface area contributed by atoms with E-state index in [1.165, 1.54) is 5.56 Å². The Bertz CT molecular complexity index is 752. The van der Waals surface area contributed by atoms with E-state index < -0.39 is 0 Å². The number of carbonyl (C=O) groups excluding carboxylic acids is 1. The van der Waals surface area contributed by atoms with E-state index in [4.69, 9.17) is 0 Å². The second-order valence-electron chi connectivity index (χ2n) is 7.29. The Morgan fingerprint density at radius 1 is 0.958 bits per heavy atom. The molecule has 128 valence electrons. The van der Waals surface area contributed by atoms with Crippen LogP contribution in [0.4, 0.5) is 11.5 Å². The number of aromatic nitrogens is 2. The molecule has 5 nitrogen and oxygen atoms in total. The molecule has 2 N–H and O–H groups in total. The zero-order chi connectivity index (χ0) is 18.1. The lowest BCUT2D eigenvalue weighted by atomic mass is 10.0. The van der Waals surface area contributed by atoms with Crippen LogP contribution in [0.2, 0.25) is 0 Å². The third kappa shape index (κ3) is 4.54. The Hall–Kier alpha value is -2.43. The molecule has 0 aliphatic heterocycles. The smallest absolute Gasteiger partial charge is 0.274 e. The molecule has 0 bridgehead atoms. The van der Waals surface area contributed by atoms with Gasteiger partial charge in [-0.25, -0.2) is 9.97 Å². The maximum Gasteiger partial charge on any atom is 0.274 e. The minimum atomic E-state index is -0.229. The van der Waals surface area contributed by atoms with Crippen molar-refractivity contribution in [3.8, 4) is 0 Å². The summed E-state index contributed by atoms with van der Waals surface area (Å²) in [5, 5.41) is 6.26. The first-order chi connectivity index (χ1) is 11.0. The molecular formula is C19H26N4O. The molecule has 1 aromatic carbocycles. The summed E-state index contributed by atoms with van der Waals surface area (Å²) in [4.78, 5) is 21.3. The van der Waals surface area contributed by atoms with Crippen molar-refractivity contribution in [1.29, 1.82) is 0 Å². The lowest BCUT2D eigenvalue weighted by Crippen LogP contribution is -2.27. The maximum absolute atomic E-state index is 12.6. The topological polar surface area (TPSA) is 66.9 Å². The molecule has 0 saturated heterocycles. The van der Waals surface area contributed by atoms with Crippen molar-refractivity contribution >= 4 is 17.4 Å². The van der Waals surface area contributed by atoms with Crippen LogP contribution in [-0.4, -0.2) is 21.4 Å². The number of carbonyl (C=O) groups is 1. The Morgan fingerprint density at radius 2 is 1.54 bits per heavy atom. The number of anilines is 2. The van der Waals surface area contributed by atoms with Crippen molar-refractivity contribution in [3.05, 3.63) is 46.4 Å². The van der Waals surface area contributed by atoms with E-state index in [9.17, 15) is 4.79 Å².